The van der Waals surface area contributed by atoms with Gasteiger partial charge in [0.15, 0.2) is 5.82 Å². The minimum Gasteiger partial charge on any atom is -0.475 e. The van der Waals surface area contributed by atoms with E-state index in [1.165, 1.54) is 25.5 Å². The van der Waals surface area contributed by atoms with Gasteiger partial charge < -0.3 is 19.7 Å². The molecule has 3 N–H and O–H groups in total. The first-order valence-corrected chi connectivity index (χ1v) is 13.1. The molecular weight excluding hydrogens is 631 g/mol. The molecule has 3 aromatic rings. The topological polar surface area (TPSA) is 143 Å². The molecule has 2 aromatic carbocycles. The van der Waals surface area contributed by atoms with Gasteiger partial charge >= 0.3 is 29.0 Å². The Hall–Kier alpha value is -3.68. The fourth-order valence-electron chi connectivity index (χ4n) is 3.47. The number of benzene rings is 2. The molecule has 0 aliphatic carbocycles. The third-order valence-corrected chi connectivity index (χ3v) is 7.43. The van der Waals surface area contributed by atoms with Gasteiger partial charge in [-0.05, 0) is 24.3 Å². The molecule has 0 bridgehead atoms. The maximum atomic E-state index is 15.1. The predicted molar refractivity (Wildman–Crippen MR) is 135 cm³/mol. The highest BCUT2D eigenvalue weighted by atomic mass is 35.5. The van der Waals surface area contributed by atoms with Crippen LogP contribution >= 0.6 is 11.6 Å². The number of nitrogens with one attached hydrogen (secondary N) is 2. The van der Waals surface area contributed by atoms with Crippen LogP contribution in [0.3, 0.4) is 0 Å². The summed E-state index contributed by atoms with van der Waals surface area (Å²) in [6.07, 6.45) is -3.85. The average molecular weight is 650 g/mol. The van der Waals surface area contributed by atoms with Gasteiger partial charge in [-0.3, -0.25) is 9.52 Å². The minimum absolute atomic E-state index is 0.0583. The smallest absolute Gasteiger partial charge is 0.475 e. The van der Waals surface area contributed by atoms with Gasteiger partial charge in [0.25, 0.3) is 5.56 Å². The van der Waals surface area contributed by atoms with Crippen molar-refractivity contribution in [3.05, 3.63) is 57.6 Å². The van der Waals surface area contributed by atoms with Crippen LogP contribution < -0.4 is 15.6 Å². The summed E-state index contributed by atoms with van der Waals surface area (Å²) >= 11 is 6.22. The van der Waals surface area contributed by atoms with E-state index in [-0.39, 0.29) is 42.0 Å². The minimum atomic E-state index is -5.08. The summed E-state index contributed by atoms with van der Waals surface area (Å²) in [5, 5.41) is 8.88. The summed E-state index contributed by atoms with van der Waals surface area (Å²) in [4.78, 5) is 25.2. The van der Waals surface area contributed by atoms with E-state index in [0.717, 1.165) is 21.0 Å². The molecule has 230 valence electrons. The SMILES string of the molecule is Cn1cnc2ccc(Nc3c(F)ccc(NS(=O)(=O)N4CC(COC(F)F)C4)c3Cl)c(F)c2c1=O.O=C(O)C(F)(F)F. The van der Waals surface area contributed by atoms with Crippen molar-refractivity contribution in [3.63, 3.8) is 0 Å². The van der Waals surface area contributed by atoms with Crippen LogP contribution in [-0.4, -0.2) is 65.8 Å². The highest BCUT2D eigenvalue weighted by Gasteiger charge is 2.38. The van der Waals surface area contributed by atoms with Crippen LogP contribution in [0.2, 0.25) is 5.02 Å². The van der Waals surface area contributed by atoms with Gasteiger partial charge in [0.1, 0.15) is 11.2 Å². The van der Waals surface area contributed by atoms with Crippen molar-refractivity contribution in [2.45, 2.75) is 12.8 Å². The third kappa shape index (κ3) is 7.58. The number of carboxylic acid groups (broad SMARTS) is 1. The van der Waals surface area contributed by atoms with Crippen molar-refractivity contribution in [2.75, 3.05) is 29.7 Å². The maximum absolute atomic E-state index is 15.1. The number of aryl methyl sites for hydroxylation is 1. The summed E-state index contributed by atoms with van der Waals surface area (Å²) in [6.45, 7) is -3.37. The number of aliphatic carboxylic acids is 1. The zero-order valence-electron chi connectivity index (χ0n) is 20.9. The predicted octanol–water partition coefficient (Wildman–Crippen LogP) is 4.07. The van der Waals surface area contributed by atoms with Gasteiger partial charge in [0.2, 0.25) is 0 Å². The normalized spacial score (nSPS) is 14.3. The summed E-state index contributed by atoms with van der Waals surface area (Å²) in [6, 6.07) is 4.59. The number of ether oxygens (including phenoxy) is 1. The Morgan fingerprint density at radius 3 is 2.36 bits per heavy atom. The van der Waals surface area contributed by atoms with E-state index in [4.69, 9.17) is 21.5 Å². The van der Waals surface area contributed by atoms with Gasteiger partial charge in [0.05, 0.1) is 40.5 Å². The molecule has 1 aromatic heterocycles. The molecular formula is C22H19ClF7N5O6S. The average Bonchev–Trinajstić information content (AvgIpc) is 2.85. The first kappa shape index (κ1) is 32.8. The van der Waals surface area contributed by atoms with Crippen LogP contribution in [0, 0.1) is 17.6 Å². The number of hydrogen-bond donors (Lipinski definition) is 3. The Bertz CT molecular complexity index is 1650. The fraction of sp³-hybridized carbons (Fsp3) is 0.318. The summed E-state index contributed by atoms with van der Waals surface area (Å²) in [5.74, 6) is -5.06. The molecule has 42 heavy (non-hydrogen) atoms. The van der Waals surface area contributed by atoms with Crippen LogP contribution in [0.5, 0.6) is 0 Å². The molecule has 0 radical (unpaired) electrons. The lowest BCUT2D eigenvalue weighted by Crippen LogP contribution is -2.53. The van der Waals surface area contributed by atoms with E-state index < -0.39 is 62.8 Å². The fourth-order valence-corrected chi connectivity index (χ4v) is 5.16. The van der Waals surface area contributed by atoms with Crippen molar-refractivity contribution in [1.29, 1.82) is 0 Å². The Kier molecular flexibility index (Phi) is 9.91. The monoisotopic (exact) mass is 649 g/mol. The first-order chi connectivity index (χ1) is 19.4. The van der Waals surface area contributed by atoms with Crippen molar-refractivity contribution < 1.29 is 53.8 Å². The Morgan fingerprint density at radius 1 is 1.19 bits per heavy atom. The molecule has 1 aliphatic rings. The van der Waals surface area contributed by atoms with E-state index in [2.05, 4.69) is 19.8 Å². The lowest BCUT2D eigenvalue weighted by molar-refractivity contribution is -0.192. The Balaban J connectivity index is 0.000000616. The van der Waals surface area contributed by atoms with Gasteiger partial charge in [-0.25, -0.2) is 18.6 Å². The van der Waals surface area contributed by atoms with Crippen molar-refractivity contribution in [1.82, 2.24) is 13.9 Å². The van der Waals surface area contributed by atoms with Crippen molar-refractivity contribution in [3.8, 4) is 0 Å². The highest BCUT2D eigenvalue weighted by Crippen LogP contribution is 2.37. The second-order valence-corrected chi connectivity index (χ2v) is 10.6. The zero-order valence-corrected chi connectivity index (χ0v) is 22.5. The maximum Gasteiger partial charge on any atom is 0.490 e. The van der Waals surface area contributed by atoms with Crippen LogP contribution in [0.1, 0.15) is 0 Å². The number of aromatic nitrogens is 2. The zero-order chi connectivity index (χ0) is 31.6. The number of hydrogen-bond acceptors (Lipinski definition) is 7. The number of fused-ring (bicyclic) bond motifs is 1. The number of carbonyl (C=O) groups is 1. The second-order valence-electron chi connectivity index (χ2n) is 8.58. The molecule has 2 heterocycles. The Morgan fingerprint density at radius 2 is 1.79 bits per heavy atom. The summed E-state index contributed by atoms with van der Waals surface area (Å²) < 4.78 is 119. The number of rotatable bonds is 8. The molecule has 0 unspecified atom stereocenters. The molecule has 0 amide bonds. The van der Waals surface area contributed by atoms with Crippen LogP contribution in [0.15, 0.2) is 35.4 Å². The molecule has 11 nitrogen and oxygen atoms in total. The number of carboxylic acids is 1. The summed E-state index contributed by atoms with van der Waals surface area (Å²) in [5.41, 5.74) is -1.49. The van der Waals surface area contributed by atoms with E-state index in [1.807, 2.05) is 0 Å². The van der Waals surface area contributed by atoms with E-state index in [1.54, 1.807) is 0 Å². The van der Waals surface area contributed by atoms with Gasteiger partial charge in [-0.15, -0.1) is 0 Å². The van der Waals surface area contributed by atoms with Crippen LogP contribution in [0.25, 0.3) is 10.9 Å². The largest absolute Gasteiger partial charge is 0.490 e. The van der Waals surface area contributed by atoms with E-state index in [0.29, 0.717) is 0 Å². The lowest BCUT2D eigenvalue weighted by Gasteiger charge is -2.37. The second kappa shape index (κ2) is 12.7. The van der Waals surface area contributed by atoms with Crippen LogP contribution in [0.4, 0.5) is 47.8 Å². The number of alkyl halides is 5. The lowest BCUT2D eigenvalue weighted by atomic mass is 10.1. The summed E-state index contributed by atoms with van der Waals surface area (Å²) in [7, 11) is -2.75. The molecule has 0 spiro atoms. The van der Waals surface area contributed by atoms with E-state index >= 15 is 4.39 Å². The standard InChI is InChI=1S/C20H18ClF4N5O4S.C2HF3O2/c1-29-9-26-12-4-5-14(17(23)15(12)19(29)31)27-18-11(22)2-3-13(16(18)21)28-35(32,33)30-6-10(7-30)8-34-20(24)25;3-2(4,5)1(6)7/h2-5,9-10,20,27-28H,6-8H2,1H3;(H,6,7). The van der Waals surface area contributed by atoms with Gasteiger partial charge in [-0.2, -0.15) is 34.7 Å². The van der Waals surface area contributed by atoms with E-state index in [9.17, 15) is 39.6 Å². The molecule has 4 rings (SSSR count). The number of halogens is 8. The molecule has 20 heteroatoms. The third-order valence-electron chi connectivity index (χ3n) is 5.58. The molecule has 1 saturated heterocycles. The molecule has 1 aliphatic heterocycles. The quantitative estimate of drug-likeness (QED) is 0.310. The van der Waals surface area contributed by atoms with Crippen molar-refractivity contribution in [2.24, 2.45) is 13.0 Å². The first-order valence-electron chi connectivity index (χ1n) is 11.3. The molecule has 0 saturated carbocycles. The van der Waals surface area contributed by atoms with Crippen LogP contribution in [-0.2, 0) is 26.8 Å². The number of anilines is 3. The van der Waals surface area contributed by atoms with Gasteiger partial charge in [0, 0.05) is 26.1 Å². The molecule has 1 fully saturated rings. The van der Waals surface area contributed by atoms with Gasteiger partial charge in [-0.1, -0.05) is 11.6 Å². The number of nitrogens with zero attached hydrogens (tertiary/aromatic N) is 3. The molecule has 0 atom stereocenters. The highest BCUT2D eigenvalue weighted by molar-refractivity contribution is 7.90. The Labute approximate surface area is 236 Å². The van der Waals surface area contributed by atoms with Crippen molar-refractivity contribution >= 4 is 55.7 Å².